The van der Waals surface area contributed by atoms with Crippen LogP contribution in [-0.4, -0.2) is 6.61 Å². The number of rotatable bonds is 4. The lowest BCUT2D eigenvalue weighted by Crippen LogP contribution is -1.98. The van der Waals surface area contributed by atoms with Crippen LogP contribution in [0.25, 0.3) is 4.85 Å². The Hall–Kier alpha value is -1.49. The van der Waals surface area contributed by atoms with Crippen LogP contribution < -0.4 is 4.74 Å². The van der Waals surface area contributed by atoms with Crippen LogP contribution in [0.1, 0.15) is 37.9 Å². The molecule has 1 aromatic carbocycles. The van der Waals surface area contributed by atoms with E-state index in [0.29, 0.717) is 6.61 Å². The molecule has 1 rings (SSSR count). The number of ether oxygens (including phenoxy) is 1. The third kappa shape index (κ3) is 2.73. The van der Waals surface area contributed by atoms with Crippen molar-refractivity contribution in [3.63, 3.8) is 0 Å². The van der Waals surface area contributed by atoms with Crippen molar-refractivity contribution in [3.05, 3.63) is 40.7 Å². The number of hydrogen-bond acceptors (Lipinski definition) is 1. The van der Waals surface area contributed by atoms with E-state index in [2.05, 4.69) is 17.8 Å². The Morgan fingerprint density at radius 1 is 1.40 bits per heavy atom. The lowest BCUT2D eigenvalue weighted by Gasteiger charge is -2.10. The Morgan fingerprint density at radius 2 is 2.13 bits per heavy atom. The smallest absolute Gasteiger partial charge is 0.245 e. The summed E-state index contributed by atoms with van der Waals surface area (Å²) in [6.07, 6.45) is 0.938. The Bertz CT molecular complexity index is 365. The molecule has 0 aliphatic heterocycles. The highest BCUT2D eigenvalue weighted by Crippen LogP contribution is 2.25. The van der Waals surface area contributed by atoms with Crippen LogP contribution in [0, 0.1) is 6.57 Å². The molecular weight excluding hydrogens is 186 g/mol. The van der Waals surface area contributed by atoms with Crippen molar-refractivity contribution in [2.24, 2.45) is 0 Å². The standard InChI is InChI=1S/C13H17NO/c1-5-11-9-12(10(3)14-4)7-8-13(11)15-6-2/h7-10H,5-6H2,1-3H3. The summed E-state index contributed by atoms with van der Waals surface area (Å²) in [4.78, 5) is 3.52. The Labute approximate surface area is 91.7 Å². The van der Waals surface area contributed by atoms with Gasteiger partial charge in [0.2, 0.25) is 6.04 Å². The van der Waals surface area contributed by atoms with Gasteiger partial charge < -0.3 is 9.58 Å². The Balaban J connectivity index is 3.03. The molecule has 2 nitrogen and oxygen atoms in total. The quantitative estimate of drug-likeness (QED) is 0.681. The zero-order chi connectivity index (χ0) is 11.3. The summed E-state index contributed by atoms with van der Waals surface area (Å²) in [5, 5.41) is 0. The third-order valence-corrected chi connectivity index (χ3v) is 2.44. The first-order valence-electron chi connectivity index (χ1n) is 5.35. The highest BCUT2D eigenvalue weighted by Gasteiger charge is 2.11. The Kier molecular flexibility index (Phi) is 4.17. The molecule has 0 radical (unpaired) electrons. The van der Waals surface area contributed by atoms with E-state index < -0.39 is 0 Å². The second-order valence-corrected chi connectivity index (χ2v) is 3.46. The van der Waals surface area contributed by atoms with Crippen molar-refractivity contribution in [3.8, 4) is 5.75 Å². The van der Waals surface area contributed by atoms with Gasteiger partial charge in [0.25, 0.3) is 0 Å². The van der Waals surface area contributed by atoms with Crippen LogP contribution >= 0.6 is 0 Å². The molecule has 80 valence electrons. The van der Waals surface area contributed by atoms with E-state index in [0.717, 1.165) is 17.7 Å². The minimum atomic E-state index is -0.0639. The van der Waals surface area contributed by atoms with Crippen molar-refractivity contribution in [1.82, 2.24) is 0 Å². The first-order valence-corrected chi connectivity index (χ1v) is 5.35. The maximum atomic E-state index is 7.00. The molecule has 0 aliphatic carbocycles. The van der Waals surface area contributed by atoms with Gasteiger partial charge in [-0.15, -0.1) is 0 Å². The molecule has 0 N–H and O–H groups in total. The average Bonchev–Trinajstić information content (AvgIpc) is 2.29. The molecule has 0 spiro atoms. The molecule has 2 heteroatoms. The van der Waals surface area contributed by atoms with Crippen LogP contribution in [0.3, 0.4) is 0 Å². The fourth-order valence-electron chi connectivity index (χ4n) is 1.51. The fourth-order valence-corrected chi connectivity index (χ4v) is 1.51. The largest absolute Gasteiger partial charge is 0.494 e. The second kappa shape index (κ2) is 5.41. The molecule has 0 saturated carbocycles. The molecule has 0 bridgehead atoms. The minimum absolute atomic E-state index is 0.0639. The maximum absolute atomic E-state index is 7.00. The summed E-state index contributed by atoms with van der Waals surface area (Å²) in [6.45, 7) is 13.7. The lowest BCUT2D eigenvalue weighted by atomic mass is 10.0. The topological polar surface area (TPSA) is 13.6 Å². The van der Waals surface area contributed by atoms with Gasteiger partial charge in [-0.25, -0.2) is 6.57 Å². The van der Waals surface area contributed by atoms with Crippen LogP contribution in [0.2, 0.25) is 0 Å². The van der Waals surface area contributed by atoms with Crippen molar-refractivity contribution in [2.75, 3.05) is 6.61 Å². The van der Waals surface area contributed by atoms with E-state index in [4.69, 9.17) is 11.3 Å². The van der Waals surface area contributed by atoms with E-state index in [1.807, 2.05) is 26.0 Å². The first kappa shape index (κ1) is 11.6. The Morgan fingerprint density at radius 3 is 2.67 bits per heavy atom. The predicted octanol–water partition coefficient (Wildman–Crippen LogP) is 3.63. The summed E-state index contributed by atoms with van der Waals surface area (Å²) in [5.74, 6) is 0.945. The summed E-state index contributed by atoms with van der Waals surface area (Å²) >= 11 is 0. The lowest BCUT2D eigenvalue weighted by molar-refractivity contribution is 0.336. The summed E-state index contributed by atoms with van der Waals surface area (Å²) in [5.41, 5.74) is 2.26. The number of nitrogens with zero attached hydrogens (tertiary/aromatic N) is 1. The van der Waals surface area contributed by atoms with E-state index in [1.54, 1.807) is 0 Å². The van der Waals surface area contributed by atoms with Crippen molar-refractivity contribution < 1.29 is 4.74 Å². The van der Waals surface area contributed by atoms with Crippen molar-refractivity contribution in [1.29, 1.82) is 0 Å². The van der Waals surface area contributed by atoms with Gasteiger partial charge in [0.15, 0.2) is 0 Å². The SMILES string of the molecule is [C-]#[N+]C(C)c1ccc(OCC)c(CC)c1. The van der Waals surface area contributed by atoms with Gasteiger partial charge in [-0.2, -0.15) is 0 Å². The normalized spacial score (nSPS) is 11.9. The third-order valence-electron chi connectivity index (χ3n) is 2.44. The molecule has 1 atom stereocenters. The van der Waals surface area contributed by atoms with Crippen LogP contribution in [0.4, 0.5) is 0 Å². The van der Waals surface area contributed by atoms with E-state index >= 15 is 0 Å². The fraction of sp³-hybridized carbons (Fsp3) is 0.462. The van der Waals surface area contributed by atoms with Gasteiger partial charge in [-0.3, -0.25) is 0 Å². The summed E-state index contributed by atoms with van der Waals surface area (Å²) in [7, 11) is 0. The summed E-state index contributed by atoms with van der Waals surface area (Å²) < 4.78 is 5.52. The van der Waals surface area contributed by atoms with Gasteiger partial charge in [0, 0.05) is 12.5 Å². The molecule has 0 aliphatic rings. The van der Waals surface area contributed by atoms with E-state index in [9.17, 15) is 0 Å². The second-order valence-electron chi connectivity index (χ2n) is 3.46. The number of hydrogen-bond donors (Lipinski definition) is 0. The van der Waals surface area contributed by atoms with E-state index in [-0.39, 0.29) is 6.04 Å². The summed E-state index contributed by atoms with van der Waals surface area (Å²) in [6, 6.07) is 5.96. The molecule has 0 saturated heterocycles. The van der Waals surface area contributed by atoms with Gasteiger partial charge in [-0.05, 0) is 37.1 Å². The molecule has 0 aromatic heterocycles. The number of aryl methyl sites for hydroxylation is 1. The molecule has 0 heterocycles. The van der Waals surface area contributed by atoms with Crippen molar-refractivity contribution >= 4 is 0 Å². The monoisotopic (exact) mass is 203 g/mol. The molecule has 1 unspecified atom stereocenters. The zero-order valence-corrected chi connectivity index (χ0v) is 9.58. The zero-order valence-electron chi connectivity index (χ0n) is 9.58. The van der Waals surface area contributed by atoms with Gasteiger partial charge >= 0.3 is 0 Å². The van der Waals surface area contributed by atoms with Gasteiger partial charge in [0.05, 0.1) is 6.61 Å². The van der Waals surface area contributed by atoms with Gasteiger partial charge in [0.1, 0.15) is 5.75 Å². The molecule has 15 heavy (non-hydrogen) atoms. The molecule has 0 fully saturated rings. The van der Waals surface area contributed by atoms with Crippen molar-refractivity contribution in [2.45, 2.75) is 33.2 Å². The molecule has 0 amide bonds. The first-order chi connectivity index (χ1) is 7.22. The van der Waals surface area contributed by atoms with Crippen LogP contribution in [0.15, 0.2) is 18.2 Å². The highest BCUT2D eigenvalue weighted by molar-refractivity contribution is 5.39. The molecule has 1 aromatic rings. The van der Waals surface area contributed by atoms with E-state index in [1.165, 1.54) is 5.56 Å². The highest BCUT2D eigenvalue weighted by atomic mass is 16.5. The minimum Gasteiger partial charge on any atom is -0.494 e. The number of benzene rings is 1. The molecular formula is C13H17NO. The van der Waals surface area contributed by atoms with Gasteiger partial charge in [-0.1, -0.05) is 6.92 Å². The van der Waals surface area contributed by atoms with Crippen LogP contribution in [0.5, 0.6) is 5.75 Å². The van der Waals surface area contributed by atoms with Crippen LogP contribution in [-0.2, 0) is 6.42 Å². The predicted molar refractivity (Wildman–Crippen MR) is 62.0 cm³/mol. The average molecular weight is 203 g/mol. The maximum Gasteiger partial charge on any atom is 0.245 e.